The Bertz CT molecular complexity index is 57.0. The SMILES string of the molecule is [CH2]CCSCCC(F)F. The van der Waals surface area contributed by atoms with Crippen molar-refractivity contribution in [2.75, 3.05) is 11.5 Å². The van der Waals surface area contributed by atoms with Gasteiger partial charge in [-0.15, -0.1) is 0 Å². The van der Waals surface area contributed by atoms with Crippen LogP contribution in [0.15, 0.2) is 0 Å². The largest absolute Gasteiger partial charge is 0.239 e. The van der Waals surface area contributed by atoms with Crippen LogP contribution in [0.25, 0.3) is 0 Å². The van der Waals surface area contributed by atoms with Crippen molar-refractivity contribution in [1.82, 2.24) is 0 Å². The van der Waals surface area contributed by atoms with E-state index in [1.807, 2.05) is 0 Å². The Kier molecular flexibility index (Phi) is 6.48. The van der Waals surface area contributed by atoms with Gasteiger partial charge < -0.3 is 0 Å². The molecule has 0 aromatic carbocycles. The first-order valence-electron chi connectivity index (χ1n) is 2.92. The molecule has 0 rings (SSSR count). The lowest BCUT2D eigenvalue weighted by atomic mass is 10.5. The molecule has 0 aliphatic rings. The number of thioether (sulfide) groups is 1. The Balaban J connectivity index is 2.75. The molecule has 0 aromatic heterocycles. The highest BCUT2D eigenvalue weighted by Crippen LogP contribution is 2.08. The van der Waals surface area contributed by atoms with Gasteiger partial charge in [-0.1, -0.05) is 6.92 Å². The summed E-state index contributed by atoms with van der Waals surface area (Å²) in [4.78, 5) is 0. The van der Waals surface area contributed by atoms with Crippen LogP contribution in [0.1, 0.15) is 12.8 Å². The Hall–Kier alpha value is 0.210. The first-order valence-corrected chi connectivity index (χ1v) is 4.08. The molecule has 9 heavy (non-hydrogen) atoms. The molecule has 0 unspecified atom stereocenters. The molecule has 0 amide bonds. The Morgan fingerprint density at radius 2 is 2.00 bits per heavy atom. The van der Waals surface area contributed by atoms with Gasteiger partial charge in [-0.3, -0.25) is 0 Å². The Morgan fingerprint density at radius 3 is 2.44 bits per heavy atom. The van der Waals surface area contributed by atoms with Gasteiger partial charge in [-0.05, 0) is 17.9 Å². The molecule has 0 N–H and O–H groups in total. The highest BCUT2D eigenvalue weighted by Gasteiger charge is 1.99. The van der Waals surface area contributed by atoms with Gasteiger partial charge in [0.05, 0.1) is 0 Å². The molecule has 0 spiro atoms. The lowest BCUT2D eigenvalue weighted by Crippen LogP contribution is -1.92. The van der Waals surface area contributed by atoms with Gasteiger partial charge in [0.15, 0.2) is 0 Å². The van der Waals surface area contributed by atoms with Gasteiger partial charge in [0.1, 0.15) is 0 Å². The number of hydrogen-bond donors (Lipinski definition) is 0. The van der Waals surface area contributed by atoms with Crippen LogP contribution in [0.4, 0.5) is 8.78 Å². The number of rotatable bonds is 5. The molecule has 0 bridgehead atoms. The van der Waals surface area contributed by atoms with Crippen molar-refractivity contribution in [2.24, 2.45) is 0 Å². The second-order valence-corrected chi connectivity index (χ2v) is 2.87. The second-order valence-electron chi connectivity index (χ2n) is 1.65. The maximum absolute atomic E-state index is 11.4. The lowest BCUT2D eigenvalue weighted by molar-refractivity contribution is 0.145. The van der Waals surface area contributed by atoms with Crippen LogP contribution in [0, 0.1) is 6.92 Å². The van der Waals surface area contributed by atoms with E-state index in [9.17, 15) is 8.78 Å². The van der Waals surface area contributed by atoms with E-state index in [1.165, 1.54) is 11.8 Å². The molecule has 0 saturated carbocycles. The van der Waals surface area contributed by atoms with Gasteiger partial charge >= 0.3 is 0 Å². The number of hydrogen-bond acceptors (Lipinski definition) is 1. The average molecular weight is 153 g/mol. The van der Waals surface area contributed by atoms with Gasteiger partial charge in [-0.25, -0.2) is 8.78 Å². The van der Waals surface area contributed by atoms with E-state index in [0.717, 1.165) is 12.2 Å². The molecular formula is C6H11F2S. The van der Waals surface area contributed by atoms with Crippen molar-refractivity contribution < 1.29 is 8.78 Å². The minimum absolute atomic E-state index is 0.0185. The minimum atomic E-state index is -2.14. The zero-order valence-corrected chi connectivity index (χ0v) is 6.09. The molecule has 0 saturated heterocycles. The standard InChI is InChI=1S/C6H11F2S/c1-2-4-9-5-3-6(7)8/h6H,1-5H2. The summed E-state index contributed by atoms with van der Waals surface area (Å²) in [7, 11) is 0. The van der Waals surface area contributed by atoms with E-state index in [0.29, 0.717) is 5.75 Å². The van der Waals surface area contributed by atoms with Crippen LogP contribution >= 0.6 is 11.8 Å². The fraction of sp³-hybridized carbons (Fsp3) is 0.833. The van der Waals surface area contributed by atoms with Crippen molar-refractivity contribution in [1.29, 1.82) is 0 Å². The quantitative estimate of drug-likeness (QED) is 0.547. The molecule has 0 fully saturated rings. The molecule has 3 heteroatoms. The van der Waals surface area contributed by atoms with Crippen molar-refractivity contribution in [3.63, 3.8) is 0 Å². The van der Waals surface area contributed by atoms with Gasteiger partial charge in [0, 0.05) is 6.42 Å². The fourth-order valence-corrected chi connectivity index (χ4v) is 1.13. The summed E-state index contributed by atoms with van der Waals surface area (Å²) in [5.74, 6) is 1.46. The Labute approximate surface area is 59.0 Å². The van der Waals surface area contributed by atoms with E-state index < -0.39 is 6.43 Å². The van der Waals surface area contributed by atoms with Crippen molar-refractivity contribution in [3.8, 4) is 0 Å². The topological polar surface area (TPSA) is 0 Å². The minimum Gasteiger partial charge on any atom is -0.211 e. The van der Waals surface area contributed by atoms with Gasteiger partial charge in [-0.2, -0.15) is 11.8 Å². The van der Waals surface area contributed by atoms with Crippen LogP contribution in [-0.4, -0.2) is 17.9 Å². The maximum atomic E-state index is 11.4. The fourth-order valence-electron chi connectivity index (χ4n) is 0.377. The third kappa shape index (κ3) is 8.21. The molecule has 0 aliphatic carbocycles. The third-order valence-corrected chi connectivity index (χ3v) is 1.87. The van der Waals surface area contributed by atoms with Crippen LogP contribution in [-0.2, 0) is 0 Å². The smallest absolute Gasteiger partial charge is 0.211 e. The van der Waals surface area contributed by atoms with Crippen molar-refractivity contribution in [2.45, 2.75) is 19.3 Å². The van der Waals surface area contributed by atoms with E-state index in [1.54, 1.807) is 0 Å². The highest BCUT2D eigenvalue weighted by atomic mass is 32.2. The van der Waals surface area contributed by atoms with E-state index in [-0.39, 0.29) is 6.42 Å². The van der Waals surface area contributed by atoms with Crippen molar-refractivity contribution >= 4 is 11.8 Å². The maximum Gasteiger partial charge on any atom is 0.239 e. The summed E-state index contributed by atoms with van der Waals surface area (Å²) in [6, 6.07) is 0. The normalized spacial score (nSPS) is 10.7. The predicted molar refractivity (Wildman–Crippen MR) is 37.9 cm³/mol. The molecular weight excluding hydrogens is 142 g/mol. The zero-order valence-electron chi connectivity index (χ0n) is 5.28. The van der Waals surface area contributed by atoms with E-state index >= 15 is 0 Å². The molecule has 1 radical (unpaired) electrons. The summed E-state index contributed by atoms with van der Waals surface area (Å²) < 4.78 is 22.9. The molecule has 0 nitrogen and oxygen atoms in total. The summed E-state index contributed by atoms with van der Waals surface area (Å²) in [6.07, 6.45) is -1.29. The average Bonchev–Trinajstić information content (AvgIpc) is 1.80. The lowest BCUT2D eigenvalue weighted by Gasteiger charge is -1.96. The Morgan fingerprint density at radius 1 is 1.33 bits per heavy atom. The van der Waals surface area contributed by atoms with Crippen LogP contribution in [0.5, 0.6) is 0 Å². The molecule has 0 atom stereocenters. The first kappa shape index (κ1) is 9.21. The number of alkyl halides is 2. The van der Waals surface area contributed by atoms with Crippen LogP contribution in [0.3, 0.4) is 0 Å². The second kappa shape index (κ2) is 6.33. The molecule has 0 aliphatic heterocycles. The summed E-state index contributed by atoms with van der Waals surface area (Å²) in [5, 5.41) is 0. The highest BCUT2D eigenvalue weighted by molar-refractivity contribution is 7.99. The van der Waals surface area contributed by atoms with Crippen LogP contribution in [0.2, 0.25) is 0 Å². The monoisotopic (exact) mass is 153 g/mol. The molecule has 55 valence electrons. The van der Waals surface area contributed by atoms with E-state index in [4.69, 9.17) is 0 Å². The number of halogens is 2. The van der Waals surface area contributed by atoms with Crippen LogP contribution < -0.4 is 0 Å². The summed E-state index contributed by atoms with van der Waals surface area (Å²) in [6.45, 7) is 3.59. The zero-order chi connectivity index (χ0) is 7.11. The van der Waals surface area contributed by atoms with Gasteiger partial charge in [0.25, 0.3) is 0 Å². The summed E-state index contributed by atoms with van der Waals surface area (Å²) >= 11 is 1.54. The van der Waals surface area contributed by atoms with Crippen molar-refractivity contribution in [3.05, 3.63) is 6.92 Å². The molecule has 0 aromatic rings. The predicted octanol–water partition coefficient (Wildman–Crippen LogP) is 2.60. The molecule has 0 heterocycles. The third-order valence-electron chi connectivity index (χ3n) is 0.769. The summed E-state index contributed by atoms with van der Waals surface area (Å²) in [5.41, 5.74) is 0. The van der Waals surface area contributed by atoms with E-state index in [2.05, 4.69) is 6.92 Å². The van der Waals surface area contributed by atoms with Gasteiger partial charge in [0.2, 0.25) is 6.43 Å². The first-order chi connectivity index (χ1) is 4.27.